The molecular weight excluding hydrogens is 324 g/mol. The Morgan fingerprint density at radius 3 is 2.60 bits per heavy atom. The van der Waals surface area contributed by atoms with Crippen molar-refractivity contribution >= 4 is 5.97 Å². The first-order chi connectivity index (χ1) is 12.2. The first-order valence-corrected chi connectivity index (χ1v) is 8.03. The Bertz CT molecular complexity index is 741. The average Bonchev–Trinajstić information content (AvgIpc) is 3.12. The summed E-state index contributed by atoms with van der Waals surface area (Å²) in [7, 11) is 3.14. The van der Waals surface area contributed by atoms with Crippen LogP contribution in [0.3, 0.4) is 0 Å². The Morgan fingerprint density at radius 1 is 1.12 bits per heavy atom. The molecule has 25 heavy (non-hydrogen) atoms. The molecule has 0 atom stereocenters. The predicted molar refractivity (Wildman–Crippen MR) is 90.0 cm³/mol. The van der Waals surface area contributed by atoms with Gasteiger partial charge in [0.25, 0.3) is 0 Å². The number of carbonyl (C=O) groups is 1. The molecule has 132 valence electrons. The highest BCUT2D eigenvalue weighted by atomic mass is 17.2. The van der Waals surface area contributed by atoms with Crippen molar-refractivity contribution in [2.75, 3.05) is 20.8 Å². The van der Waals surface area contributed by atoms with E-state index in [0.29, 0.717) is 48.9 Å². The Labute approximate surface area is 146 Å². The minimum atomic E-state index is -0.319. The van der Waals surface area contributed by atoms with Crippen molar-refractivity contribution in [1.82, 2.24) is 0 Å². The molecule has 0 amide bonds. The van der Waals surface area contributed by atoms with Gasteiger partial charge in [-0.1, -0.05) is 18.2 Å². The van der Waals surface area contributed by atoms with Gasteiger partial charge in [-0.3, -0.25) is 0 Å². The van der Waals surface area contributed by atoms with Gasteiger partial charge >= 0.3 is 5.97 Å². The van der Waals surface area contributed by atoms with E-state index in [0.717, 1.165) is 11.1 Å². The largest absolute Gasteiger partial charge is 0.492 e. The van der Waals surface area contributed by atoms with Gasteiger partial charge < -0.3 is 19.1 Å². The molecule has 6 nitrogen and oxygen atoms in total. The van der Waals surface area contributed by atoms with Crippen LogP contribution in [0.25, 0.3) is 0 Å². The monoisotopic (exact) mass is 344 g/mol. The van der Waals surface area contributed by atoms with Crippen molar-refractivity contribution in [3.63, 3.8) is 0 Å². The van der Waals surface area contributed by atoms with E-state index in [1.165, 1.54) is 0 Å². The summed E-state index contributed by atoms with van der Waals surface area (Å²) >= 11 is 0. The van der Waals surface area contributed by atoms with E-state index in [2.05, 4.69) is 0 Å². The fraction of sp³-hybridized carbons (Fsp3) is 0.316. The van der Waals surface area contributed by atoms with E-state index < -0.39 is 0 Å². The lowest BCUT2D eigenvalue weighted by Crippen LogP contribution is -2.07. The highest BCUT2D eigenvalue weighted by Gasteiger charge is 2.26. The standard InChI is InChI=1S/C19H20O6/c1-21-16-14(11-15-12-24-25-17(15)18(16)22-2)9-6-10-23-19(20)13-7-4-3-5-8-13/h3-5,7-8,11H,6,9-10,12H2,1-2H3. The molecule has 3 rings (SSSR count). The summed E-state index contributed by atoms with van der Waals surface area (Å²) in [6, 6.07) is 10.9. The number of fused-ring (bicyclic) bond motifs is 1. The van der Waals surface area contributed by atoms with E-state index in [4.69, 9.17) is 24.0 Å². The van der Waals surface area contributed by atoms with Crippen LogP contribution >= 0.6 is 0 Å². The van der Waals surface area contributed by atoms with Crippen LogP contribution in [0.1, 0.15) is 27.9 Å². The molecule has 2 aromatic carbocycles. The molecule has 0 radical (unpaired) electrons. The number of carbonyl (C=O) groups excluding carboxylic acids is 1. The van der Waals surface area contributed by atoms with Gasteiger partial charge in [-0.05, 0) is 36.6 Å². The maximum atomic E-state index is 11.9. The number of hydrogen-bond acceptors (Lipinski definition) is 6. The molecule has 0 unspecified atom stereocenters. The summed E-state index contributed by atoms with van der Waals surface area (Å²) in [5.74, 6) is 1.37. The van der Waals surface area contributed by atoms with Gasteiger partial charge in [0.2, 0.25) is 11.5 Å². The third-order valence-corrected chi connectivity index (χ3v) is 3.94. The fourth-order valence-electron chi connectivity index (χ4n) is 2.77. The van der Waals surface area contributed by atoms with Crippen LogP contribution in [0, 0.1) is 0 Å². The van der Waals surface area contributed by atoms with E-state index in [1.807, 2.05) is 24.3 Å². The molecule has 0 saturated heterocycles. The molecule has 6 heteroatoms. The summed E-state index contributed by atoms with van der Waals surface area (Å²) < 4.78 is 16.2. The average molecular weight is 344 g/mol. The Hall–Kier alpha value is -2.73. The second-order valence-corrected chi connectivity index (χ2v) is 5.54. The summed E-state index contributed by atoms with van der Waals surface area (Å²) in [6.45, 7) is 0.689. The first-order valence-electron chi connectivity index (χ1n) is 8.03. The van der Waals surface area contributed by atoms with Crippen molar-refractivity contribution in [2.24, 2.45) is 0 Å². The molecule has 0 aromatic heterocycles. The second-order valence-electron chi connectivity index (χ2n) is 5.54. The summed E-state index contributed by atoms with van der Waals surface area (Å²) in [4.78, 5) is 22.1. The number of methoxy groups -OCH3 is 2. The van der Waals surface area contributed by atoms with Gasteiger partial charge in [0, 0.05) is 5.56 Å². The van der Waals surface area contributed by atoms with E-state index >= 15 is 0 Å². The fourth-order valence-corrected chi connectivity index (χ4v) is 2.77. The molecule has 2 aromatic rings. The third-order valence-electron chi connectivity index (χ3n) is 3.94. The molecule has 0 saturated carbocycles. The highest BCUT2D eigenvalue weighted by Crippen LogP contribution is 2.45. The van der Waals surface area contributed by atoms with E-state index in [9.17, 15) is 4.79 Å². The Balaban J connectivity index is 1.63. The molecule has 0 spiro atoms. The van der Waals surface area contributed by atoms with Gasteiger partial charge in [0.05, 0.1) is 26.4 Å². The van der Waals surface area contributed by atoms with E-state index in [-0.39, 0.29) is 5.97 Å². The first kappa shape index (κ1) is 17.1. The van der Waals surface area contributed by atoms with E-state index in [1.54, 1.807) is 26.4 Å². The summed E-state index contributed by atoms with van der Waals surface area (Å²) in [6.07, 6.45) is 1.34. The number of rotatable bonds is 7. The zero-order chi connectivity index (χ0) is 17.6. The zero-order valence-corrected chi connectivity index (χ0v) is 14.2. The molecule has 1 aliphatic rings. The van der Waals surface area contributed by atoms with Crippen molar-refractivity contribution in [1.29, 1.82) is 0 Å². The van der Waals surface area contributed by atoms with Crippen molar-refractivity contribution < 1.29 is 28.8 Å². The Morgan fingerprint density at radius 2 is 1.88 bits per heavy atom. The van der Waals surface area contributed by atoms with Gasteiger partial charge in [-0.2, -0.15) is 4.89 Å². The van der Waals surface area contributed by atoms with Crippen molar-refractivity contribution in [2.45, 2.75) is 19.4 Å². The minimum absolute atomic E-state index is 0.319. The predicted octanol–water partition coefficient (Wildman–Crippen LogP) is 3.32. The number of esters is 1. The van der Waals surface area contributed by atoms with Crippen molar-refractivity contribution in [3.8, 4) is 17.2 Å². The van der Waals surface area contributed by atoms with Crippen LogP contribution in [0.2, 0.25) is 0 Å². The number of aryl methyl sites for hydroxylation is 1. The molecule has 0 fully saturated rings. The van der Waals surface area contributed by atoms with Gasteiger partial charge in [-0.15, -0.1) is 0 Å². The number of hydrogen-bond donors (Lipinski definition) is 0. The zero-order valence-electron chi connectivity index (χ0n) is 14.2. The van der Waals surface area contributed by atoms with Crippen LogP contribution in [0.4, 0.5) is 0 Å². The van der Waals surface area contributed by atoms with Gasteiger partial charge in [0.1, 0.15) is 6.61 Å². The number of benzene rings is 2. The van der Waals surface area contributed by atoms with Crippen LogP contribution < -0.4 is 14.4 Å². The molecule has 1 heterocycles. The maximum absolute atomic E-state index is 11.9. The van der Waals surface area contributed by atoms with Crippen LogP contribution in [0.15, 0.2) is 36.4 Å². The Kier molecular flexibility index (Phi) is 5.40. The lowest BCUT2D eigenvalue weighted by Gasteiger charge is -2.15. The van der Waals surface area contributed by atoms with Crippen molar-refractivity contribution in [3.05, 3.63) is 53.1 Å². The van der Waals surface area contributed by atoms with Crippen LogP contribution in [-0.2, 0) is 22.7 Å². The quantitative estimate of drug-likeness (QED) is 0.436. The second kappa shape index (κ2) is 7.90. The van der Waals surface area contributed by atoms with Crippen LogP contribution in [0.5, 0.6) is 17.2 Å². The highest BCUT2D eigenvalue weighted by molar-refractivity contribution is 5.89. The molecule has 0 N–H and O–H groups in total. The number of ether oxygens (including phenoxy) is 3. The van der Waals surface area contributed by atoms with Gasteiger partial charge in [0.15, 0.2) is 5.75 Å². The molecule has 1 aliphatic heterocycles. The lowest BCUT2D eigenvalue weighted by molar-refractivity contribution is -0.195. The minimum Gasteiger partial charge on any atom is -0.492 e. The normalized spacial score (nSPS) is 12.2. The smallest absolute Gasteiger partial charge is 0.338 e. The molecular formula is C19H20O6. The molecule has 0 aliphatic carbocycles. The SMILES string of the molecule is COc1c(CCCOC(=O)c2ccccc2)cc2c(c1OC)OOC2. The maximum Gasteiger partial charge on any atom is 0.338 e. The van der Waals surface area contributed by atoms with Crippen LogP contribution in [-0.4, -0.2) is 26.8 Å². The topological polar surface area (TPSA) is 63.2 Å². The third kappa shape index (κ3) is 3.69. The molecule has 0 bridgehead atoms. The van der Waals surface area contributed by atoms with Gasteiger partial charge in [-0.25, -0.2) is 4.79 Å². The summed E-state index contributed by atoms with van der Waals surface area (Å²) in [5, 5.41) is 0. The summed E-state index contributed by atoms with van der Waals surface area (Å²) in [5.41, 5.74) is 2.42. The lowest BCUT2D eigenvalue weighted by atomic mass is 10.0.